The number of nitrogens with zero attached hydrogens (tertiary/aromatic N) is 2. The molecule has 1 atom stereocenters. The number of amides is 2. The van der Waals surface area contributed by atoms with Crippen LogP contribution in [0.1, 0.15) is 24.5 Å². The lowest BCUT2D eigenvalue weighted by molar-refractivity contribution is -0.140. The number of hydrogen-bond acceptors (Lipinski definition) is 5. The van der Waals surface area contributed by atoms with E-state index < -0.39 is 28.5 Å². The monoisotopic (exact) mass is 633 g/mol. The van der Waals surface area contributed by atoms with Crippen molar-refractivity contribution in [1.82, 2.24) is 10.2 Å². The van der Waals surface area contributed by atoms with Crippen molar-refractivity contribution < 1.29 is 22.7 Å². The van der Waals surface area contributed by atoms with Crippen molar-refractivity contribution >= 4 is 39.1 Å². The van der Waals surface area contributed by atoms with Gasteiger partial charge in [-0.05, 0) is 47.9 Å². The van der Waals surface area contributed by atoms with Gasteiger partial charge in [-0.3, -0.25) is 13.9 Å². The Morgan fingerprint density at radius 1 is 0.864 bits per heavy atom. The van der Waals surface area contributed by atoms with Crippen LogP contribution < -0.4 is 14.4 Å². The van der Waals surface area contributed by atoms with E-state index in [0.29, 0.717) is 13.0 Å². The molecule has 4 aromatic carbocycles. The molecule has 0 aliphatic heterocycles. The highest BCUT2D eigenvalue weighted by molar-refractivity contribution is 7.92. The summed E-state index contributed by atoms with van der Waals surface area (Å²) in [5.74, 6) is -0.668. The molecule has 0 aliphatic carbocycles. The molecule has 0 spiro atoms. The molecule has 0 aromatic heterocycles. The lowest BCUT2D eigenvalue weighted by Crippen LogP contribution is -2.53. The molecule has 2 amide bonds. The van der Waals surface area contributed by atoms with Gasteiger partial charge in [-0.1, -0.05) is 97.4 Å². The van der Waals surface area contributed by atoms with Gasteiger partial charge < -0.3 is 15.0 Å². The van der Waals surface area contributed by atoms with E-state index in [1.54, 1.807) is 30.3 Å². The molecule has 0 radical (unpaired) electrons. The fourth-order valence-corrected chi connectivity index (χ4v) is 6.40. The molecule has 0 saturated carbocycles. The van der Waals surface area contributed by atoms with Crippen molar-refractivity contribution in [2.24, 2.45) is 0 Å². The van der Waals surface area contributed by atoms with Crippen LogP contribution in [0, 0.1) is 0 Å². The van der Waals surface area contributed by atoms with Crippen molar-refractivity contribution in [2.45, 2.75) is 37.2 Å². The highest BCUT2D eigenvalue weighted by atomic mass is 35.5. The van der Waals surface area contributed by atoms with Gasteiger partial charge in [0, 0.05) is 24.5 Å². The summed E-state index contributed by atoms with van der Waals surface area (Å²) in [6.45, 7) is 1.87. The Hall–Kier alpha value is -4.34. The van der Waals surface area contributed by atoms with Gasteiger partial charge >= 0.3 is 0 Å². The Morgan fingerprint density at radius 2 is 1.45 bits per heavy atom. The zero-order valence-electron chi connectivity index (χ0n) is 24.7. The van der Waals surface area contributed by atoms with Gasteiger partial charge in [0.2, 0.25) is 11.8 Å². The third-order valence-corrected chi connectivity index (χ3v) is 9.04. The van der Waals surface area contributed by atoms with E-state index >= 15 is 0 Å². The van der Waals surface area contributed by atoms with E-state index in [0.717, 1.165) is 15.4 Å². The molecule has 4 aromatic rings. The van der Waals surface area contributed by atoms with Crippen LogP contribution >= 0.6 is 11.6 Å². The van der Waals surface area contributed by atoms with E-state index in [-0.39, 0.29) is 40.2 Å². The molecule has 0 unspecified atom stereocenters. The molecule has 230 valence electrons. The van der Waals surface area contributed by atoms with E-state index in [2.05, 4.69) is 5.32 Å². The first kappa shape index (κ1) is 32.6. The zero-order chi connectivity index (χ0) is 31.5. The first-order valence-corrected chi connectivity index (χ1v) is 16.1. The minimum Gasteiger partial charge on any atom is -0.495 e. The van der Waals surface area contributed by atoms with E-state index in [9.17, 15) is 18.0 Å². The average Bonchev–Trinajstić information content (AvgIpc) is 3.05. The number of carbonyl (C=O) groups excluding carboxylic acids is 2. The van der Waals surface area contributed by atoms with Crippen LogP contribution in [-0.4, -0.2) is 51.4 Å². The summed E-state index contributed by atoms with van der Waals surface area (Å²) in [7, 11) is -2.86. The van der Waals surface area contributed by atoms with Crippen LogP contribution in [0.15, 0.2) is 114 Å². The van der Waals surface area contributed by atoms with Crippen LogP contribution in [0.4, 0.5) is 5.69 Å². The van der Waals surface area contributed by atoms with E-state index in [1.807, 2.05) is 67.6 Å². The van der Waals surface area contributed by atoms with E-state index in [4.69, 9.17) is 16.3 Å². The number of benzene rings is 4. The number of halogens is 1. The normalized spacial score (nSPS) is 11.8. The minimum absolute atomic E-state index is 0.00837. The number of hydrogen-bond donors (Lipinski definition) is 1. The third kappa shape index (κ3) is 8.18. The molecule has 44 heavy (non-hydrogen) atoms. The fraction of sp³-hybridized carbons (Fsp3) is 0.235. The number of ether oxygens (including phenoxy) is 1. The number of carbonyl (C=O) groups is 2. The molecule has 0 bridgehead atoms. The summed E-state index contributed by atoms with van der Waals surface area (Å²) < 4.78 is 34.8. The van der Waals surface area contributed by atoms with Crippen LogP contribution in [0.3, 0.4) is 0 Å². The highest BCUT2D eigenvalue weighted by Crippen LogP contribution is 2.35. The lowest BCUT2D eigenvalue weighted by atomic mass is 10.0. The Kier molecular flexibility index (Phi) is 11.4. The van der Waals surface area contributed by atoms with Crippen molar-refractivity contribution in [3.05, 3.63) is 125 Å². The number of rotatable bonds is 14. The zero-order valence-corrected chi connectivity index (χ0v) is 26.3. The largest absolute Gasteiger partial charge is 0.495 e. The smallest absolute Gasteiger partial charge is 0.264 e. The summed E-state index contributed by atoms with van der Waals surface area (Å²) in [5.41, 5.74) is 1.76. The first-order chi connectivity index (χ1) is 21.2. The topological polar surface area (TPSA) is 96.0 Å². The summed E-state index contributed by atoms with van der Waals surface area (Å²) in [5, 5.41) is 3.21. The maximum absolute atomic E-state index is 14.5. The molecular weight excluding hydrogens is 598 g/mol. The quantitative estimate of drug-likeness (QED) is 0.192. The average molecular weight is 634 g/mol. The number of sulfonamides is 1. The standard InChI is InChI=1S/C34H36ClN3O5S/c1-3-21-36-34(40)31(22-26-13-7-4-8-14-26)37(24-27-15-9-5-10-16-27)33(39)25-38(30-23-28(35)19-20-32(30)43-2)44(41,42)29-17-11-6-12-18-29/h4-20,23,31H,3,21-22,24-25H2,1-2H3,(H,36,40)/t31-/m0/s1. The third-order valence-electron chi connectivity index (χ3n) is 7.04. The van der Waals surface area contributed by atoms with Crippen molar-refractivity contribution in [2.75, 3.05) is 24.5 Å². The molecule has 0 saturated heterocycles. The first-order valence-electron chi connectivity index (χ1n) is 14.3. The van der Waals surface area contributed by atoms with Gasteiger partial charge in [-0.2, -0.15) is 0 Å². The van der Waals surface area contributed by atoms with Gasteiger partial charge in [-0.25, -0.2) is 8.42 Å². The lowest BCUT2D eigenvalue weighted by Gasteiger charge is -2.34. The van der Waals surface area contributed by atoms with Crippen LogP contribution in [0.2, 0.25) is 5.02 Å². The van der Waals surface area contributed by atoms with Crippen LogP contribution in [0.25, 0.3) is 0 Å². The number of nitrogens with one attached hydrogen (secondary N) is 1. The molecule has 1 N–H and O–H groups in total. The van der Waals surface area contributed by atoms with Gasteiger partial charge in [0.15, 0.2) is 0 Å². The summed E-state index contributed by atoms with van der Waals surface area (Å²) in [6, 6.07) is 30.2. The minimum atomic E-state index is -4.28. The summed E-state index contributed by atoms with van der Waals surface area (Å²) in [4.78, 5) is 29.6. The van der Waals surface area contributed by atoms with Gasteiger partial charge in [-0.15, -0.1) is 0 Å². The Labute approximate surface area is 264 Å². The molecule has 0 fully saturated rings. The predicted molar refractivity (Wildman–Crippen MR) is 173 cm³/mol. The number of anilines is 1. The maximum atomic E-state index is 14.5. The molecular formula is C34H36ClN3O5S. The Balaban J connectivity index is 1.82. The van der Waals surface area contributed by atoms with Crippen LogP contribution in [-0.2, 0) is 32.6 Å². The van der Waals surface area contributed by atoms with Crippen molar-refractivity contribution in [3.63, 3.8) is 0 Å². The molecule has 4 rings (SSSR count). The Bertz CT molecular complexity index is 1640. The second-order valence-electron chi connectivity index (χ2n) is 10.1. The number of methoxy groups -OCH3 is 1. The second kappa shape index (κ2) is 15.4. The Morgan fingerprint density at radius 3 is 2.05 bits per heavy atom. The van der Waals surface area contributed by atoms with Crippen molar-refractivity contribution in [1.29, 1.82) is 0 Å². The molecule has 10 heteroatoms. The van der Waals surface area contributed by atoms with Crippen LogP contribution in [0.5, 0.6) is 5.75 Å². The second-order valence-corrected chi connectivity index (χ2v) is 12.4. The predicted octanol–water partition coefficient (Wildman–Crippen LogP) is 5.71. The highest BCUT2D eigenvalue weighted by Gasteiger charge is 2.35. The summed E-state index contributed by atoms with van der Waals surface area (Å²) in [6.07, 6.45) is 0.953. The molecule has 0 aliphatic rings. The maximum Gasteiger partial charge on any atom is 0.264 e. The SMILES string of the molecule is CCCNC(=O)[C@H](Cc1ccccc1)N(Cc1ccccc1)C(=O)CN(c1cc(Cl)ccc1OC)S(=O)(=O)c1ccccc1. The van der Waals surface area contributed by atoms with Gasteiger partial charge in [0.25, 0.3) is 10.0 Å². The van der Waals surface area contributed by atoms with Gasteiger partial charge in [0.05, 0.1) is 17.7 Å². The summed E-state index contributed by atoms with van der Waals surface area (Å²) >= 11 is 6.33. The molecule has 8 nitrogen and oxygen atoms in total. The van der Waals surface area contributed by atoms with E-state index in [1.165, 1.54) is 30.2 Å². The molecule has 0 heterocycles. The fourth-order valence-electron chi connectivity index (χ4n) is 4.79. The van der Waals surface area contributed by atoms with Gasteiger partial charge in [0.1, 0.15) is 18.3 Å². The van der Waals surface area contributed by atoms with Crippen molar-refractivity contribution in [3.8, 4) is 5.75 Å².